The van der Waals surface area contributed by atoms with Gasteiger partial charge in [-0.1, -0.05) is 29.8 Å². The summed E-state index contributed by atoms with van der Waals surface area (Å²) in [7, 11) is 1.85. The molecule has 0 spiro atoms. The minimum Gasteiger partial charge on any atom is -1.00 e. The molecule has 0 aliphatic heterocycles. The maximum atomic E-state index is 13.3. The summed E-state index contributed by atoms with van der Waals surface area (Å²) in [5.41, 5.74) is 3.15. The first kappa shape index (κ1) is 19.5. The van der Waals surface area contributed by atoms with Crippen molar-refractivity contribution in [2.45, 2.75) is 27.3 Å². The van der Waals surface area contributed by atoms with E-state index in [-0.39, 0.29) is 35.5 Å². The molecule has 0 amide bonds. The van der Waals surface area contributed by atoms with Crippen molar-refractivity contribution in [3.63, 3.8) is 0 Å². The van der Waals surface area contributed by atoms with Crippen LogP contribution in [-0.2, 0) is 13.6 Å². The number of carbonyl (C=O) groups is 2. The predicted molar refractivity (Wildman–Crippen MR) is 101 cm³/mol. The van der Waals surface area contributed by atoms with Crippen molar-refractivity contribution in [2.24, 2.45) is 7.05 Å². The number of allylic oxidation sites excluding steroid dienone is 2. The molecule has 0 fully saturated rings. The van der Waals surface area contributed by atoms with Gasteiger partial charge in [0.2, 0.25) is 23.0 Å². The van der Waals surface area contributed by atoms with Crippen molar-refractivity contribution in [3.05, 3.63) is 76.4 Å². The lowest BCUT2D eigenvalue weighted by atomic mass is 9.87. The van der Waals surface area contributed by atoms with E-state index in [9.17, 15) is 9.59 Å². The summed E-state index contributed by atoms with van der Waals surface area (Å²) in [5.74, 6) is 0.736. The lowest BCUT2D eigenvalue weighted by Gasteiger charge is -2.14. The third kappa shape index (κ3) is 2.94. The molecule has 0 unspecified atom stereocenters. The Morgan fingerprint density at radius 1 is 1.04 bits per heavy atom. The average Bonchev–Trinajstić information content (AvgIpc) is 2.88. The smallest absolute Gasteiger partial charge is 0.254 e. The zero-order valence-electron chi connectivity index (χ0n) is 15.8. The van der Waals surface area contributed by atoms with Crippen LogP contribution in [0.2, 0.25) is 0 Å². The number of halogens is 1. The molecule has 0 radical (unpaired) electrons. The zero-order valence-corrected chi connectivity index (χ0v) is 18.0. The molecular weight excluding hydrogens is 451 g/mol. The molecule has 27 heavy (non-hydrogen) atoms. The van der Waals surface area contributed by atoms with Gasteiger partial charge in [-0.3, -0.25) is 9.59 Å². The summed E-state index contributed by atoms with van der Waals surface area (Å²) < 4.78 is 3.78. The number of hydrogen-bond acceptors (Lipinski definition) is 2. The summed E-state index contributed by atoms with van der Waals surface area (Å²) >= 11 is 0. The largest absolute Gasteiger partial charge is 1.00 e. The third-order valence-corrected chi connectivity index (χ3v) is 5.19. The second-order valence-corrected chi connectivity index (χ2v) is 7.10. The zero-order chi connectivity index (χ0) is 18.6. The van der Waals surface area contributed by atoms with Crippen LogP contribution in [0.5, 0.6) is 0 Å². The van der Waals surface area contributed by atoms with Crippen LogP contribution < -0.4 is 28.5 Å². The van der Waals surface area contributed by atoms with Crippen LogP contribution in [0.3, 0.4) is 0 Å². The van der Waals surface area contributed by atoms with Crippen molar-refractivity contribution in [1.82, 2.24) is 4.57 Å². The fourth-order valence-electron chi connectivity index (χ4n) is 3.65. The van der Waals surface area contributed by atoms with Gasteiger partial charge >= 0.3 is 0 Å². The first-order valence-electron chi connectivity index (χ1n) is 8.75. The number of carbonyl (C=O) groups excluding carboxylic acids is 2. The Morgan fingerprint density at radius 2 is 1.59 bits per heavy atom. The maximum Gasteiger partial charge on any atom is 0.254 e. The topological polar surface area (TPSA) is 43.0 Å². The van der Waals surface area contributed by atoms with E-state index in [0.717, 1.165) is 16.6 Å². The average molecular weight is 472 g/mol. The molecule has 1 aromatic heterocycles. The van der Waals surface area contributed by atoms with E-state index in [4.69, 9.17) is 0 Å². The van der Waals surface area contributed by atoms with Gasteiger partial charge in [0.15, 0.2) is 0 Å². The molecule has 0 bridgehead atoms. The van der Waals surface area contributed by atoms with Gasteiger partial charge in [-0.25, -0.2) is 9.13 Å². The first-order valence-corrected chi connectivity index (χ1v) is 8.75. The number of aromatic nitrogens is 2. The number of rotatable bonds is 2. The van der Waals surface area contributed by atoms with E-state index in [1.807, 2.05) is 73.4 Å². The Kier molecular flexibility index (Phi) is 5.08. The van der Waals surface area contributed by atoms with Gasteiger partial charge in [0.05, 0.1) is 7.05 Å². The number of fused-ring (bicyclic) bond motifs is 3. The number of ketones is 2. The number of benzene rings is 2. The Bertz CT molecular complexity index is 1130. The van der Waals surface area contributed by atoms with Crippen LogP contribution >= 0.6 is 0 Å². The molecule has 4 nitrogen and oxygen atoms in total. The van der Waals surface area contributed by atoms with Crippen LogP contribution in [-0.4, -0.2) is 16.1 Å². The van der Waals surface area contributed by atoms with Crippen LogP contribution in [0.1, 0.15) is 51.8 Å². The molecule has 0 atom stereocenters. The Labute approximate surface area is 175 Å². The lowest BCUT2D eigenvalue weighted by molar-refractivity contribution is -0.679. The minimum atomic E-state index is -0.0816. The lowest BCUT2D eigenvalue weighted by Crippen LogP contribution is -3.00. The second-order valence-electron chi connectivity index (χ2n) is 7.10. The van der Waals surface area contributed by atoms with E-state index in [0.29, 0.717) is 29.1 Å². The van der Waals surface area contributed by atoms with Crippen molar-refractivity contribution in [2.75, 3.05) is 0 Å². The van der Waals surface area contributed by atoms with Crippen LogP contribution in [0.25, 0.3) is 10.8 Å². The molecule has 4 rings (SSSR count). The fourth-order valence-corrected chi connectivity index (χ4v) is 3.65. The number of nitrogens with zero attached hydrogens (tertiary/aromatic N) is 2. The van der Waals surface area contributed by atoms with Gasteiger partial charge < -0.3 is 24.0 Å². The Morgan fingerprint density at radius 3 is 2.15 bits per heavy atom. The van der Waals surface area contributed by atoms with Crippen molar-refractivity contribution in [1.29, 1.82) is 0 Å². The maximum absolute atomic E-state index is 13.3. The van der Waals surface area contributed by atoms with Crippen molar-refractivity contribution < 1.29 is 38.1 Å². The molecule has 3 aromatic rings. The first-order chi connectivity index (χ1) is 12.4. The Hall–Kier alpha value is -2.28. The highest BCUT2D eigenvalue weighted by Gasteiger charge is 2.42. The molecule has 5 heteroatoms. The molecule has 0 saturated carbocycles. The molecule has 138 valence electrons. The normalized spacial score (nSPS) is 12.4. The molecule has 1 aliphatic rings. The van der Waals surface area contributed by atoms with Gasteiger partial charge in [-0.05, 0) is 42.8 Å². The van der Waals surface area contributed by atoms with Gasteiger partial charge in [0.25, 0.3) is 5.82 Å². The quantitative estimate of drug-likeness (QED) is 0.243. The highest BCUT2D eigenvalue weighted by molar-refractivity contribution is 6.27. The van der Waals surface area contributed by atoms with Gasteiger partial charge in [-0.2, -0.15) is 0 Å². The third-order valence-electron chi connectivity index (χ3n) is 5.19. The summed E-state index contributed by atoms with van der Waals surface area (Å²) in [6.07, 6.45) is 2.07. The molecule has 0 N–H and O–H groups in total. The SMILES string of the molecule is CC(C)=CCn1c2c([n+](C)c1C)C(=O)c1cc3ccccc3cc1C2=O.[I-]. The highest BCUT2D eigenvalue weighted by atomic mass is 127. The van der Waals surface area contributed by atoms with Gasteiger partial charge in [-0.15, -0.1) is 0 Å². The molecule has 0 saturated heterocycles. The summed E-state index contributed by atoms with van der Waals surface area (Å²) in [6.45, 7) is 6.58. The summed E-state index contributed by atoms with van der Waals surface area (Å²) in [4.78, 5) is 26.5. The minimum absolute atomic E-state index is 0. The van der Waals surface area contributed by atoms with Gasteiger partial charge in [0, 0.05) is 18.1 Å². The standard InChI is InChI=1S/C22H21N2O2.HI/c1-13(2)9-10-24-14(3)23(4)19-20(24)22(26)18-12-16-8-6-5-7-15(16)11-17(18)21(19)25;/h5-9,11-12H,10H2,1-4H3;1H/q+1;/p-1. The number of imidazole rings is 1. The molecule has 1 aliphatic carbocycles. The van der Waals surface area contributed by atoms with Crippen LogP contribution in [0.15, 0.2) is 48.0 Å². The Balaban J connectivity index is 0.00000210. The monoisotopic (exact) mass is 472 g/mol. The second kappa shape index (κ2) is 7.03. The fraction of sp³-hybridized carbons (Fsp3) is 0.227. The molecule has 2 aromatic carbocycles. The van der Waals surface area contributed by atoms with E-state index >= 15 is 0 Å². The van der Waals surface area contributed by atoms with Crippen molar-refractivity contribution >= 4 is 22.3 Å². The van der Waals surface area contributed by atoms with E-state index in [2.05, 4.69) is 6.08 Å². The summed E-state index contributed by atoms with van der Waals surface area (Å²) in [5, 5.41) is 1.94. The van der Waals surface area contributed by atoms with E-state index in [1.165, 1.54) is 5.57 Å². The predicted octanol–water partition coefficient (Wildman–Crippen LogP) is 0.520. The highest BCUT2D eigenvalue weighted by Crippen LogP contribution is 2.30. The molecule has 1 heterocycles. The van der Waals surface area contributed by atoms with E-state index in [1.54, 1.807) is 0 Å². The van der Waals surface area contributed by atoms with Gasteiger partial charge in [0.1, 0.15) is 6.54 Å². The van der Waals surface area contributed by atoms with Crippen LogP contribution in [0.4, 0.5) is 0 Å². The van der Waals surface area contributed by atoms with Crippen LogP contribution in [0, 0.1) is 6.92 Å². The number of hydrogen-bond donors (Lipinski definition) is 0. The van der Waals surface area contributed by atoms with E-state index < -0.39 is 0 Å². The molecular formula is C22H21IN2O2. The van der Waals surface area contributed by atoms with Crippen molar-refractivity contribution in [3.8, 4) is 0 Å². The summed E-state index contributed by atoms with van der Waals surface area (Å²) in [6, 6.07) is 11.5.